The van der Waals surface area contributed by atoms with Crippen LogP contribution in [0.15, 0.2) is 82.2 Å². The van der Waals surface area contributed by atoms with Gasteiger partial charge in [0.2, 0.25) is 5.91 Å². The zero-order valence-electron chi connectivity index (χ0n) is 21.1. The second-order valence-electron chi connectivity index (χ2n) is 10.1. The van der Waals surface area contributed by atoms with Crippen LogP contribution in [0, 0.1) is 17.7 Å². The highest BCUT2D eigenvalue weighted by Gasteiger charge is 2.59. The number of alkyl halides is 2. The summed E-state index contributed by atoms with van der Waals surface area (Å²) in [6, 6.07) is 14.3. The van der Waals surface area contributed by atoms with E-state index in [9.17, 15) is 18.7 Å². The van der Waals surface area contributed by atoms with Gasteiger partial charge in [0, 0.05) is 25.1 Å². The Kier molecular flexibility index (Phi) is 6.50. The summed E-state index contributed by atoms with van der Waals surface area (Å²) in [6.07, 6.45) is 4.72. The third kappa shape index (κ3) is 4.52. The van der Waals surface area contributed by atoms with Crippen LogP contribution in [0.4, 0.5) is 18.9 Å². The van der Waals surface area contributed by atoms with Crippen molar-refractivity contribution in [3.8, 4) is 0 Å². The number of amides is 1. The van der Waals surface area contributed by atoms with Crippen molar-refractivity contribution in [3.63, 3.8) is 0 Å². The Bertz CT molecular complexity index is 1410. The minimum Gasteiger partial charge on any atom is -0.496 e. The van der Waals surface area contributed by atoms with E-state index in [1.807, 2.05) is 30.3 Å². The minimum atomic E-state index is -2.82. The smallest absolute Gasteiger partial charge is 0.317 e. The predicted molar refractivity (Wildman–Crippen MR) is 140 cm³/mol. The number of benzene rings is 2. The number of nitrogens with zero attached hydrogens (tertiary/aromatic N) is 4. The van der Waals surface area contributed by atoms with Crippen LogP contribution in [0.2, 0.25) is 0 Å². The molecule has 0 aromatic heterocycles. The number of anilines is 1. The number of aliphatic hydroxyl groups is 1. The highest BCUT2D eigenvalue weighted by molar-refractivity contribution is 6.08. The van der Waals surface area contributed by atoms with E-state index in [4.69, 9.17) is 4.74 Å². The number of ether oxygens (including phenoxy) is 1. The number of aliphatic imine (C=N–C) groups is 1. The van der Waals surface area contributed by atoms with Crippen molar-refractivity contribution in [3.05, 3.63) is 89.1 Å². The molecule has 10 heteroatoms. The molecule has 6 rings (SSSR count). The molecule has 3 heterocycles. The van der Waals surface area contributed by atoms with E-state index in [1.54, 1.807) is 24.4 Å². The minimum absolute atomic E-state index is 0.0125. The van der Waals surface area contributed by atoms with Gasteiger partial charge in [-0.2, -0.15) is 13.9 Å². The van der Waals surface area contributed by atoms with E-state index in [0.29, 0.717) is 29.0 Å². The topological polar surface area (TPSA) is 77.7 Å². The third-order valence-electron chi connectivity index (χ3n) is 7.98. The number of methoxy groups -OCH3 is 1. The van der Waals surface area contributed by atoms with Crippen LogP contribution in [0.5, 0.6) is 0 Å². The SMILES string of the molecule is COC1=CN(c2ccc([C@@H]3C4CCN(C(F)F)C(=O)[C@@H]43)cc2F)N=C(C2=CC=NC(c3ccccc3)C2)C1O. The fourth-order valence-corrected chi connectivity index (χ4v) is 5.91. The maximum absolute atomic E-state index is 15.5. The Hall–Kier alpha value is -3.92. The van der Waals surface area contributed by atoms with Crippen molar-refractivity contribution in [2.75, 3.05) is 18.7 Å². The first kappa shape index (κ1) is 25.4. The Labute approximate surface area is 223 Å². The maximum Gasteiger partial charge on any atom is 0.317 e. The lowest BCUT2D eigenvalue weighted by Gasteiger charge is -2.29. The lowest BCUT2D eigenvalue weighted by atomic mass is 9.92. The van der Waals surface area contributed by atoms with Gasteiger partial charge in [0.05, 0.1) is 19.4 Å². The van der Waals surface area contributed by atoms with E-state index in [-0.39, 0.29) is 35.9 Å². The summed E-state index contributed by atoms with van der Waals surface area (Å²) >= 11 is 0. The summed E-state index contributed by atoms with van der Waals surface area (Å²) in [6.45, 7) is -2.81. The molecule has 1 amide bonds. The van der Waals surface area contributed by atoms with Gasteiger partial charge >= 0.3 is 6.55 Å². The largest absolute Gasteiger partial charge is 0.496 e. The number of aliphatic hydroxyl groups excluding tert-OH is 1. The number of hydrogen-bond donors (Lipinski definition) is 1. The Morgan fingerprint density at radius 3 is 2.62 bits per heavy atom. The molecule has 3 aliphatic heterocycles. The molecule has 3 unspecified atom stereocenters. The monoisotopic (exact) mass is 536 g/mol. The molecule has 0 bridgehead atoms. The van der Waals surface area contributed by atoms with E-state index in [2.05, 4.69) is 10.1 Å². The highest BCUT2D eigenvalue weighted by atomic mass is 19.3. The molecule has 1 saturated heterocycles. The first-order valence-electron chi connectivity index (χ1n) is 12.8. The normalized spacial score (nSPS) is 28.1. The summed E-state index contributed by atoms with van der Waals surface area (Å²) in [4.78, 5) is 17.6. The number of likely N-dealkylation sites (tertiary alicyclic amines) is 1. The van der Waals surface area contributed by atoms with Crippen LogP contribution in [0.3, 0.4) is 0 Å². The van der Waals surface area contributed by atoms with Crippen LogP contribution in [-0.4, -0.2) is 54.1 Å². The van der Waals surface area contributed by atoms with E-state index in [0.717, 1.165) is 11.1 Å². The molecule has 2 aromatic carbocycles. The standard InChI is InChI=1S/C29H27F3N4O3/c1-39-23-15-36(34-26(27(23)37)18-9-11-33-21(14-18)16-5-3-2-4-6-16)22-8-7-17(13-20(22)30)24-19-10-12-35(29(31)32)28(38)25(19)24/h2-9,11,13,15,19,21,24-25,27,29,37H,10,12,14H2,1H3/t19?,21?,24-,25+,27?/m1/s1. The van der Waals surface area contributed by atoms with Gasteiger partial charge in [-0.15, -0.1) is 0 Å². The number of fused-ring (bicyclic) bond motifs is 1. The number of dihydropyridines is 1. The zero-order valence-corrected chi connectivity index (χ0v) is 21.1. The Morgan fingerprint density at radius 2 is 1.90 bits per heavy atom. The zero-order chi connectivity index (χ0) is 27.3. The van der Waals surface area contributed by atoms with E-state index < -0.39 is 30.3 Å². The van der Waals surface area contributed by atoms with Gasteiger partial charge in [-0.25, -0.2) is 9.40 Å². The lowest BCUT2D eigenvalue weighted by molar-refractivity contribution is -0.149. The summed E-state index contributed by atoms with van der Waals surface area (Å²) < 4.78 is 47.2. The lowest BCUT2D eigenvalue weighted by Crippen LogP contribution is -2.40. The van der Waals surface area contributed by atoms with Gasteiger partial charge in [0.15, 0.2) is 6.10 Å². The molecule has 2 fully saturated rings. The van der Waals surface area contributed by atoms with E-state index in [1.165, 1.54) is 24.4 Å². The number of piperidine rings is 1. The molecule has 39 heavy (non-hydrogen) atoms. The summed E-state index contributed by atoms with van der Waals surface area (Å²) in [5.74, 6) is -1.81. The van der Waals surface area contributed by atoms with Crippen molar-refractivity contribution in [1.29, 1.82) is 0 Å². The molecular formula is C29H27F3N4O3. The van der Waals surface area contributed by atoms with Crippen molar-refractivity contribution in [2.24, 2.45) is 21.9 Å². The molecule has 0 radical (unpaired) electrons. The van der Waals surface area contributed by atoms with Crippen LogP contribution in [0.25, 0.3) is 0 Å². The van der Waals surface area contributed by atoms with Gasteiger partial charge in [-0.1, -0.05) is 36.4 Å². The Morgan fingerprint density at radius 1 is 1.10 bits per heavy atom. The summed E-state index contributed by atoms with van der Waals surface area (Å²) in [7, 11) is 1.42. The number of carbonyl (C=O) groups excluding carboxylic acids is 1. The predicted octanol–water partition coefficient (Wildman–Crippen LogP) is 4.78. The number of carbonyl (C=O) groups is 1. The second-order valence-corrected chi connectivity index (χ2v) is 10.1. The molecule has 4 aliphatic rings. The van der Waals surface area contributed by atoms with Crippen LogP contribution in [-0.2, 0) is 9.53 Å². The number of halogens is 3. The van der Waals surface area contributed by atoms with E-state index >= 15 is 4.39 Å². The number of allylic oxidation sites excluding steroid dienone is 1. The summed E-state index contributed by atoms with van der Waals surface area (Å²) in [5.41, 5.74) is 2.84. The number of hydrogen-bond acceptors (Lipinski definition) is 6. The Balaban J connectivity index is 1.26. The molecule has 1 aliphatic carbocycles. The molecule has 1 N–H and O–H groups in total. The molecule has 0 spiro atoms. The van der Waals surface area contributed by atoms with Crippen LogP contribution < -0.4 is 5.01 Å². The average molecular weight is 537 g/mol. The fourth-order valence-electron chi connectivity index (χ4n) is 5.91. The number of rotatable bonds is 6. The van der Waals surface area contributed by atoms with Crippen LogP contribution in [0.1, 0.15) is 35.9 Å². The van der Waals surface area contributed by atoms with Gasteiger partial charge in [-0.3, -0.25) is 14.7 Å². The van der Waals surface area contributed by atoms with Gasteiger partial charge < -0.3 is 9.84 Å². The molecule has 5 atom stereocenters. The molecule has 7 nitrogen and oxygen atoms in total. The van der Waals surface area contributed by atoms with Crippen molar-refractivity contribution >= 4 is 23.5 Å². The summed E-state index contributed by atoms with van der Waals surface area (Å²) in [5, 5.41) is 16.9. The van der Waals surface area contributed by atoms with Crippen molar-refractivity contribution in [2.45, 2.75) is 37.5 Å². The first-order valence-corrected chi connectivity index (χ1v) is 12.8. The highest BCUT2D eigenvalue weighted by Crippen LogP contribution is 2.59. The first-order chi connectivity index (χ1) is 18.9. The molecule has 1 saturated carbocycles. The molecule has 2 aromatic rings. The van der Waals surface area contributed by atoms with Crippen molar-refractivity contribution < 1.29 is 27.8 Å². The van der Waals surface area contributed by atoms with Crippen molar-refractivity contribution in [1.82, 2.24) is 4.90 Å². The number of hydrazone groups is 1. The second kappa shape index (κ2) is 10.00. The van der Waals surface area contributed by atoms with Crippen LogP contribution >= 0.6 is 0 Å². The third-order valence-corrected chi connectivity index (χ3v) is 7.98. The molecule has 202 valence electrons. The van der Waals surface area contributed by atoms with Gasteiger partial charge in [-0.05, 0) is 53.2 Å². The van der Waals surface area contributed by atoms with Gasteiger partial charge in [0.1, 0.15) is 23.0 Å². The molecular weight excluding hydrogens is 509 g/mol. The maximum atomic E-state index is 15.5. The fraction of sp³-hybridized carbons (Fsp3) is 0.345. The quantitative estimate of drug-likeness (QED) is 0.540. The average Bonchev–Trinajstić information content (AvgIpc) is 3.69. The van der Waals surface area contributed by atoms with Gasteiger partial charge in [0.25, 0.3) is 0 Å².